The number of fused-ring (bicyclic) bond motifs is 4. The van der Waals surface area contributed by atoms with E-state index in [1.165, 1.54) is 9.36 Å². The number of carbonyl (C=O) groups excluding carboxylic acids is 2. The quantitative estimate of drug-likeness (QED) is 0.141. The minimum atomic E-state index is -2.61. The molecule has 0 radical (unpaired) electrons. The number of H-pyrrole nitrogens is 2. The molecule has 2 aromatic heterocycles. The topological polar surface area (TPSA) is 155 Å². The number of likely N-dealkylation sites (tertiary alicyclic amines) is 1. The average molecular weight is 863 g/mol. The number of nitrogens with one attached hydrogen (secondary N) is 2. The number of para-hydroxylation sites is 2. The van der Waals surface area contributed by atoms with E-state index >= 15 is 4.79 Å². The van der Waals surface area contributed by atoms with Crippen molar-refractivity contribution in [2.45, 2.75) is 69.1 Å². The fourth-order valence-electron chi connectivity index (χ4n) is 10.9. The molecular weight excluding hydrogens is 813 g/mol. The first-order valence-corrected chi connectivity index (χ1v) is 24.7. The van der Waals surface area contributed by atoms with E-state index in [9.17, 15) is 19.5 Å². The number of amides is 2. The van der Waals surface area contributed by atoms with E-state index < -0.39 is 25.7 Å². The summed E-state index contributed by atoms with van der Waals surface area (Å²) < 4.78 is 15.9. The summed E-state index contributed by atoms with van der Waals surface area (Å²) in [5.74, 6) is -0.00641. The number of hydrogen-bond acceptors (Lipinski definition) is 7. The predicted octanol–water partition coefficient (Wildman–Crippen LogP) is 6.10. The molecule has 0 saturated carbocycles. The van der Waals surface area contributed by atoms with E-state index in [1.54, 1.807) is 29.0 Å². The lowest BCUT2D eigenvalue weighted by Gasteiger charge is -2.37. The molecule has 13 nitrogen and oxygen atoms in total. The fraction of sp³-hybridized carbons (Fsp3) is 0.306. The van der Waals surface area contributed by atoms with Gasteiger partial charge in [0.2, 0.25) is 5.91 Å². The molecule has 63 heavy (non-hydrogen) atoms. The second kappa shape index (κ2) is 15.4. The van der Waals surface area contributed by atoms with E-state index in [0.717, 1.165) is 34.9 Å². The fourth-order valence-corrected chi connectivity index (χ4v) is 14.9. The number of aliphatic hydroxyl groups is 1. The molecule has 1 spiro atoms. The van der Waals surface area contributed by atoms with Crippen LogP contribution in [-0.4, -0.2) is 81.9 Å². The van der Waals surface area contributed by atoms with Crippen LogP contribution in [0, 0.1) is 5.92 Å². The number of rotatable bonds is 10. The van der Waals surface area contributed by atoms with Crippen LogP contribution in [0.25, 0.3) is 33.2 Å². The monoisotopic (exact) mass is 862 g/mol. The lowest BCUT2D eigenvalue weighted by atomic mass is 9.82. The van der Waals surface area contributed by atoms with Crippen molar-refractivity contribution in [3.8, 4) is 17.1 Å². The summed E-state index contributed by atoms with van der Waals surface area (Å²) in [5.41, 5.74) is 2.68. The van der Waals surface area contributed by atoms with Crippen LogP contribution in [0.4, 0.5) is 5.69 Å². The molecule has 3 N–H and O–H groups in total. The van der Waals surface area contributed by atoms with Gasteiger partial charge >= 0.3 is 0 Å². The minimum absolute atomic E-state index is 0.0538. The second-order valence-electron chi connectivity index (χ2n) is 17.8. The van der Waals surface area contributed by atoms with Crippen molar-refractivity contribution in [2.24, 2.45) is 5.92 Å². The normalized spacial score (nSPS) is 22.2. The molecule has 0 bridgehead atoms. The lowest BCUT2D eigenvalue weighted by Crippen LogP contribution is -2.52. The molecule has 14 heteroatoms. The van der Waals surface area contributed by atoms with Crippen molar-refractivity contribution in [3.05, 3.63) is 147 Å². The maximum Gasteiger partial charge on any atom is 0.279 e. The van der Waals surface area contributed by atoms with Crippen LogP contribution in [0.15, 0.2) is 125 Å². The second-order valence-corrected chi connectivity index (χ2v) is 22.5. The summed E-state index contributed by atoms with van der Waals surface area (Å²) >= 11 is 0. The Labute approximate surface area is 364 Å². The van der Waals surface area contributed by atoms with E-state index in [2.05, 4.69) is 42.3 Å². The number of aromatic nitrogens is 4. The Morgan fingerprint density at radius 2 is 1.46 bits per heavy atom. The van der Waals surface area contributed by atoms with Gasteiger partial charge in [-0.2, -0.15) is 0 Å². The van der Waals surface area contributed by atoms with Gasteiger partial charge in [0.1, 0.15) is 5.75 Å². The van der Waals surface area contributed by atoms with Crippen LogP contribution in [0.3, 0.4) is 0 Å². The molecule has 2 fully saturated rings. The summed E-state index contributed by atoms with van der Waals surface area (Å²) in [6, 6.07) is 35.8. The zero-order chi connectivity index (χ0) is 43.8. The zero-order valence-corrected chi connectivity index (χ0v) is 36.7. The van der Waals surface area contributed by atoms with Crippen molar-refractivity contribution >= 4 is 52.6 Å². The van der Waals surface area contributed by atoms with Gasteiger partial charge in [-0.3, -0.25) is 29.4 Å². The maximum atomic E-state index is 15.7. The minimum Gasteiger partial charge on any atom is -0.497 e. The number of carbonyl (C=O) groups is 2. The van der Waals surface area contributed by atoms with Crippen LogP contribution in [-0.2, 0) is 26.5 Å². The van der Waals surface area contributed by atoms with Gasteiger partial charge in [-0.25, -0.2) is 9.36 Å². The van der Waals surface area contributed by atoms with Crippen molar-refractivity contribution in [3.63, 3.8) is 0 Å². The number of aromatic amines is 2. The Morgan fingerprint density at radius 1 is 0.841 bits per heavy atom. The summed E-state index contributed by atoms with van der Waals surface area (Å²) in [4.78, 5) is 60.7. The van der Waals surface area contributed by atoms with Crippen LogP contribution in [0.1, 0.15) is 37.3 Å². The van der Waals surface area contributed by atoms with Gasteiger partial charge in [-0.05, 0) is 90.7 Å². The molecule has 5 atom stereocenters. The Balaban J connectivity index is 1.09. The molecule has 3 aliphatic rings. The molecule has 3 aliphatic heterocycles. The van der Waals surface area contributed by atoms with Gasteiger partial charge in [0.05, 0.1) is 85.8 Å². The van der Waals surface area contributed by atoms with Gasteiger partial charge in [-0.1, -0.05) is 73.7 Å². The number of benzene rings is 5. The van der Waals surface area contributed by atoms with Crippen molar-refractivity contribution < 1.29 is 24.2 Å². The van der Waals surface area contributed by atoms with Crippen LogP contribution in [0.2, 0.25) is 18.6 Å². The molecule has 2 amide bonds. The third-order valence-electron chi connectivity index (χ3n) is 14.1. The molecule has 7 aromatic rings. The van der Waals surface area contributed by atoms with Gasteiger partial charge in [0, 0.05) is 18.0 Å². The Bertz CT molecular complexity index is 3020. The van der Waals surface area contributed by atoms with E-state index in [4.69, 9.17) is 9.47 Å². The molecule has 10 rings (SSSR count). The summed E-state index contributed by atoms with van der Waals surface area (Å²) in [5, 5.41) is 18.9. The highest BCUT2D eigenvalue weighted by Gasteiger charge is 2.66. The number of nitrogens with zero attached hydrogens (tertiary/aromatic N) is 4. The third-order valence-corrected chi connectivity index (χ3v) is 18.4. The van der Waals surface area contributed by atoms with Crippen molar-refractivity contribution in [1.82, 2.24) is 24.5 Å². The standard InChI is InChI=1S/C49H50N6O7Si/c1-30-45(63(3,4)36-22-20-35(61-2)21-23-36)43(27-44(57)52-25-9-10-34(52)29-56)62-49(30)39-26-33(55-47(59)38-12-6-8-14-41(38)51-55)19-24-42(39)53(48(49)60)28-31-15-17-32(18-16-31)54-46(58)37-11-5-7-13-40(37)50-54/h5-8,11-24,26,30,34,43,45,50-51,56H,9-10,25,27-29H2,1-4H3/t30-,34-,43+,45-,49+/m0/s1. The smallest absolute Gasteiger partial charge is 0.279 e. The third kappa shape index (κ3) is 6.41. The highest BCUT2D eigenvalue weighted by Crippen LogP contribution is 2.60. The van der Waals surface area contributed by atoms with Crippen molar-refractivity contribution in [1.29, 1.82) is 0 Å². The van der Waals surface area contributed by atoms with E-state index in [1.807, 2.05) is 91.0 Å². The number of aliphatic hydroxyl groups excluding tert-OH is 1. The molecule has 0 aliphatic carbocycles. The Morgan fingerprint density at radius 3 is 2.08 bits per heavy atom. The Kier molecular flexibility index (Phi) is 9.92. The average Bonchev–Trinajstić information content (AvgIpc) is 4.11. The molecule has 2 saturated heterocycles. The molecule has 5 heterocycles. The number of hydrogen-bond donors (Lipinski definition) is 3. The first kappa shape index (κ1) is 40.6. The Hall–Kier alpha value is -6.48. The molecule has 322 valence electrons. The summed E-state index contributed by atoms with van der Waals surface area (Å²) in [7, 11) is -0.970. The highest BCUT2D eigenvalue weighted by molar-refractivity contribution is 6.91. The van der Waals surface area contributed by atoms with Gasteiger partial charge in [-0.15, -0.1) is 0 Å². The van der Waals surface area contributed by atoms with Crippen LogP contribution < -0.4 is 25.9 Å². The van der Waals surface area contributed by atoms with Crippen molar-refractivity contribution in [2.75, 3.05) is 25.2 Å². The number of anilines is 1. The molecule has 0 unspecified atom stereocenters. The van der Waals surface area contributed by atoms with E-state index in [0.29, 0.717) is 45.5 Å². The van der Waals surface area contributed by atoms with Gasteiger partial charge in [0.25, 0.3) is 17.0 Å². The first-order valence-electron chi connectivity index (χ1n) is 21.6. The van der Waals surface area contributed by atoms with E-state index in [-0.39, 0.29) is 54.1 Å². The van der Waals surface area contributed by atoms with Crippen LogP contribution >= 0.6 is 0 Å². The lowest BCUT2D eigenvalue weighted by molar-refractivity contribution is -0.150. The number of ether oxygens (including phenoxy) is 2. The van der Waals surface area contributed by atoms with Gasteiger partial charge < -0.3 is 24.4 Å². The first-order chi connectivity index (χ1) is 30.4. The molecule has 5 aromatic carbocycles. The highest BCUT2D eigenvalue weighted by atomic mass is 28.3. The summed E-state index contributed by atoms with van der Waals surface area (Å²) in [6.45, 7) is 7.30. The number of methoxy groups -OCH3 is 1. The maximum absolute atomic E-state index is 15.7. The SMILES string of the molecule is COc1ccc([Si](C)(C)[C@@H]2[C@@H](CC(=O)N3CCC[C@H]3CO)O[C@]3(C(=O)N(Cc4ccc(-n5[nH]c6ccccc6c5=O)cc4)c4ccc(-n5[nH]c6ccccc6c5=O)cc43)[C@H]2C)cc1. The van der Waals surface area contributed by atoms with Gasteiger partial charge in [0.15, 0.2) is 5.60 Å². The predicted molar refractivity (Wildman–Crippen MR) is 245 cm³/mol. The van der Waals surface area contributed by atoms with Crippen LogP contribution in [0.5, 0.6) is 5.75 Å². The zero-order valence-electron chi connectivity index (χ0n) is 35.7. The molecular formula is C49H50N6O7Si. The largest absolute Gasteiger partial charge is 0.497 e. The summed E-state index contributed by atoms with van der Waals surface area (Å²) in [6.07, 6.45) is 0.966.